The quantitative estimate of drug-likeness (QED) is 0.655. The van der Waals surface area contributed by atoms with Crippen LogP contribution in [0.5, 0.6) is 0 Å². The summed E-state index contributed by atoms with van der Waals surface area (Å²) in [5.74, 6) is 0.603. The summed E-state index contributed by atoms with van der Waals surface area (Å²) in [4.78, 5) is 4.03. The standard InChI is InChI=1S/C11H12Cl2N2.ClH/c1-2-11(14)15-6-5-8-3-4-9(12)10(13)7-8;/h3-7H,2H2,1H3,(H2,14,15);1H/b6-5+;. The summed E-state index contributed by atoms with van der Waals surface area (Å²) in [5, 5.41) is 1.08. The molecule has 0 aliphatic heterocycles. The highest BCUT2D eigenvalue weighted by molar-refractivity contribution is 6.42. The summed E-state index contributed by atoms with van der Waals surface area (Å²) >= 11 is 11.6. The Bertz CT molecular complexity index is 400. The van der Waals surface area contributed by atoms with Gasteiger partial charge in [-0.2, -0.15) is 0 Å². The van der Waals surface area contributed by atoms with Gasteiger partial charge in [0, 0.05) is 12.6 Å². The molecule has 0 unspecified atom stereocenters. The molecule has 0 bridgehead atoms. The SMILES string of the molecule is CCC(N)=N/C=C/c1ccc(Cl)c(Cl)c1.Cl. The van der Waals surface area contributed by atoms with E-state index in [0.29, 0.717) is 15.9 Å². The zero-order chi connectivity index (χ0) is 11.3. The Morgan fingerprint density at radius 2 is 2.06 bits per heavy atom. The minimum absolute atomic E-state index is 0. The second-order valence-electron chi connectivity index (χ2n) is 2.96. The van der Waals surface area contributed by atoms with Crippen LogP contribution < -0.4 is 5.73 Å². The Kier molecular flexibility index (Phi) is 7.22. The smallest absolute Gasteiger partial charge is 0.0986 e. The molecule has 0 aliphatic carbocycles. The molecule has 1 aromatic rings. The van der Waals surface area contributed by atoms with Crippen LogP contribution in [0.2, 0.25) is 10.0 Å². The molecule has 2 nitrogen and oxygen atoms in total. The largest absolute Gasteiger partial charge is 0.387 e. The van der Waals surface area contributed by atoms with Crippen molar-refractivity contribution in [2.45, 2.75) is 13.3 Å². The van der Waals surface area contributed by atoms with Gasteiger partial charge in [0.05, 0.1) is 15.9 Å². The van der Waals surface area contributed by atoms with Crippen molar-refractivity contribution in [1.29, 1.82) is 0 Å². The van der Waals surface area contributed by atoms with Crippen LogP contribution in [-0.2, 0) is 0 Å². The molecule has 0 fully saturated rings. The molecule has 0 saturated heterocycles. The maximum absolute atomic E-state index is 5.86. The molecule has 0 heterocycles. The van der Waals surface area contributed by atoms with E-state index in [1.165, 1.54) is 0 Å². The lowest BCUT2D eigenvalue weighted by molar-refractivity contribution is 1.24. The van der Waals surface area contributed by atoms with Crippen molar-refractivity contribution < 1.29 is 0 Å². The van der Waals surface area contributed by atoms with Crippen molar-refractivity contribution in [3.63, 3.8) is 0 Å². The van der Waals surface area contributed by atoms with Crippen LogP contribution >= 0.6 is 35.6 Å². The van der Waals surface area contributed by atoms with Crippen molar-refractivity contribution in [3.05, 3.63) is 40.0 Å². The third-order valence-electron chi connectivity index (χ3n) is 1.81. The summed E-state index contributed by atoms with van der Waals surface area (Å²) < 4.78 is 0. The lowest BCUT2D eigenvalue weighted by atomic mass is 10.2. The molecular weight excluding hydrogens is 266 g/mol. The van der Waals surface area contributed by atoms with Gasteiger partial charge in [0.15, 0.2) is 0 Å². The third-order valence-corrected chi connectivity index (χ3v) is 2.55. The van der Waals surface area contributed by atoms with Gasteiger partial charge in [-0.25, -0.2) is 4.99 Å². The van der Waals surface area contributed by atoms with Gasteiger partial charge in [-0.15, -0.1) is 12.4 Å². The Morgan fingerprint density at radius 3 is 2.62 bits per heavy atom. The fourth-order valence-electron chi connectivity index (χ4n) is 0.926. The summed E-state index contributed by atoms with van der Waals surface area (Å²) in [5.41, 5.74) is 6.48. The van der Waals surface area contributed by atoms with Crippen LogP contribution in [0.4, 0.5) is 0 Å². The first-order valence-corrected chi connectivity index (χ1v) is 5.33. The van der Waals surface area contributed by atoms with E-state index < -0.39 is 0 Å². The van der Waals surface area contributed by atoms with Crippen LogP contribution in [0.1, 0.15) is 18.9 Å². The highest BCUT2D eigenvalue weighted by Gasteiger charge is 1.95. The number of nitrogens with zero attached hydrogens (tertiary/aromatic N) is 1. The molecule has 16 heavy (non-hydrogen) atoms. The van der Waals surface area contributed by atoms with Gasteiger partial charge in [0.2, 0.25) is 0 Å². The molecule has 1 rings (SSSR count). The second kappa shape index (κ2) is 7.55. The fraction of sp³-hybridized carbons (Fsp3) is 0.182. The van der Waals surface area contributed by atoms with Gasteiger partial charge in [-0.1, -0.05) is 36.2 Å². The van der Waals surface area contributed by atoms with E-state index in [4.69, 9.17) is 28.9 Å². The van der Waals surface area contributed by atoms with Crippen molar-refractivity contribution in [3.8, 4) is 0 Å². The monoisotopic (exact) mass is 278 g/mol. The topological polar surface area (TPSA) is 38.4 Å². The zero-order valence-electron chi connectivity index (χ0n) is 8.78. The highest BCUT2D eigenvalue weighted by Crippen LogP contribution is 2.23. The van der Waals surface area contributed by atoms with E-state index >= 15 is 0 Å². The van der Waals surface area contributed by atoms with E-state index in [-0.39, 0.29) is 12.4 Å². The lowest BCUT2D eigenvalue weighted by Gasteiger charge is -1.96. The number of amidine groups is 1. The first-order valence-electron chi connectivity index (χ1n) is 4.57. The average Bonchev–Trinajstić information content (AvgIpc) is 2.23. The van der Waals surface area contributed by atoms with Crippen molar-refractivity contribution in [1.82, 2.24) is 0 Å². The number of halogens is 3. The Balaban J connectivity index is 0.00000225. The molecule has 0 amide bonds. The number of hydrogen-bond donors (Lipinski definition) is 1. The first kappa shape index (κ1) is 15.3. The van der Waals surface area contributed by atoms with Gasteiger partial charge in [-0.3, -0.25) is 0 Å². The van der Waals surface area contributed by atoms with Crippen LogP contribution in [0.3, 0.4) is 0 Å². The molecule has 0 aliphatic rings. The number of hydrogen-bond acceptors (Lipinski definition) is 1. The number of nitrogens with two attached hydrogens (primary N) is 1. The maximum Gasteiger partial charge on any atom is 0.0986 e. The normalized spacial score (nSPS) is 11.6. The van der Waals surface area contributed by atoms with Crippen molar-refractivity contribution in [2.24, 2.45) is 10.7 Å². The van der Waals surface area contributed by atoms with Crippen LogP contribution in [-0.4, -0.2) is 5.84 Å². The molecule has 0 saturated carbocycles. The van der Waals surface area contributed by atoms with Crippen molar-refractivity contribution in [2.75, 3.05) is 0 Å². The predicted molar refractivity (Wildman–Crippen MR) is 74.7 cm³/mol. The van der Waals surface area contributed by atoms with Crippen LogP contribution in [0, 0.1) is 0 Å². The predicted octanol–water partition coefficient (Wildman–Crippen LogP) is 4.15. The van der Waals surface area contributed by atoms with E-state index in [1.54, 1.807) is 18.3 Å². The Morgan fingerprint density at radius 1 is 1.38 bits per heavy atom. The minimum Gasteiger partial charge on any atom is -0.387 e. The average molecular weight is 280 g/mol. The highest BCUT2D eigenvalue weighted by atomic mass is 35.5. The van der Waals surface area contributed by atoms with Crippen LogP contribution in [0.15, 0.2) is 29.4 Å². The number of rotatable bonds is 3. The minimum atomic E-state index is 0. The summed E-state index contributed by atoms with van der Waals surface area (Å²) in [6.07, 6.45) is 4.22. The molecule has 88 valence electrons. The Labute approximate surface area is 112 Å². The molecule has 0 radical (unpaired) electrons. The fourth-order valence-corrected chi connectivity index (χ4v) is 1.23. The van der Waals surface area contributed by atoms with Gasteiger partial charge in [0.1, 0.15) is 0 Å². The first-order chi connectivity index (χ1) is 7.13. The van der Waals surface area contributed by atoms with E-state index in [2.05, 4.69) is 4.99 Å². The van der Waals surface area contributed by atoms with E-state index in [9.17, 15) is 0 Å². The van der Waals surface area contributed by atoms with Gasteiger partial charge in [-0.05, 0) is 23.8 Å². The summed E-state index contributed by atoms with van der Waals surface area (Å²) in [6.45, 7) is 1.95. The Hall–Kier alpha value is -0.700. The molecule has 5 heteroatoms. The molecule has 0 spiro atoms. The summed E-state index contributed by atoms with van der Waals surface area (Å²) in [6, 6.07) is 5.39. The molecule has 1 aromatic carbocycles. The number of aliphatic imine (C=N–C) groups is 1. The van der Waals surface area contributed by atoms with Gasteiger partial charge >= 0.3 is 0 Å². The summed E-state index contributed by atoms with van der Waals surface area (Å²) in [7, 11) is 0. The lowest BCUT2D eigenvalue weighted by Crippen LogP contribution is -2.08. The number of benzene rings is 1. The van der Waals surface area contributed by atoms with Gasteiger partial charge in [0.25, 0.3) is 0 Å². The molecule has 0 aromatic heterocycles. The third kappa shape index (κ3) is 4.88. The second-order valence-corrected chi connectivity index (χ2v) is 3.78. The van der Waals surface area contributed by atoms with Crippen molar-refractivity contribution >= 4 is 47.5 Å². The van der Waals surface area contributed by atoms with E-state index in [0.717, 1.165) is 12.0 Å². The van der Waals surface area contributed by atoms with Crippen LogP contribution in [0.25, 0.3) is 6.08 Å². The molecule has 0 atom stereocenters. The van der Waals surface area contributed by atoms with Gasteiger partial charge < -0.3 is 5.73 Å². The maximum atomic E-state index is 5.86. The zero-order valence-corrected chi connectivity index (χ0v) is 11.1. The molecular formula is C11H13Cl3N2. The molecule has 2 N–H and O–H groups in total. The van der Waals surface area contributed by atoms with E-state index in [1.807, 2.05) is 19.1 Å².